The van der Waals surface area contributed by atoms with Crippen LogP contribution in [0, 0.1) is 0 Å². The summed E-state index contributed by atoms with van der Waals surface area (Å²) in [7, 11) is -1.99. The second-order valence-electron chi connectivity index (χ2n) is 4.01. The van der Waals surface area contributed by atoms with Crippen LogP contribution in [0.1, 0.15) is 10.4 Å². The molecule has 2 N–H and O–H groups in total. The van der Waals surface area contributed by atoms with E-state index >= 15 is 0 Å². The molecule has 0 fully saturated rings. The molecule has 0 atom stereocenters. The van der Waals surface area contributed by atoms with E-state index in [9.17, 15) is 18.0 Å². The summed E-state index contributed by atoms with van der Waals surface area (Å²) in [5, 5.41) is 8.58. The molecule has 0 aliphatic heterocycles. The Balaban J connectivity index is 2.81. The summed E-state index contributed by atoms with van der Waals surface area (Å²) in [5.41, 5.74) is 0.614. The monoisotopic (exact) mass is 286 g/mol. The summed E-state index contributed by atoms with van der Waals surface area (Å²) in [5.74, 6) is -1.56. The number of carbonyl (C=O) groups excluding carboxylic acids is 1. The van der Waals surface area contributed by atoms with Gasteiger partial charge in [0.25, 0.3) is 5.91 Å². The molecule has 1 aromatic carbocycles. The van der Waals surface area contributed by atoms with E-state index in [0.717, 1.165) is 11.2 Å². The molecule has 0 spiro atoms. The zero-order valence-corrected chi connectivity index (χ0v) is 11.3. The first-order chi connectivity index (χ1) is 8.69. The SMILES string of the molecule is CN(CC(=O)O)C(=O)c1ccc(NS(C)(=O)=O)cc1. The van der Waals surface area contributed by atoms with Crippen LogP contribution >= 0.6 is 0 Å². The predicted octanol–water partition coefficient (Wildman–Crippen LogP) is 0.215. The minimum Gasteiger partial charge on any atom is -0.480 e. The first-order valence-corrected chi connectivity index (χ1v) is 7.13. The summed E-state index contributed by atoms with van der Waals surface area (Å²) in [4.78, 5) is 23.3. The standard InChI is InChI=1S/C11H14N2O5S/c1-13(7-10(14)15)11(16)8-3-5-9(6-4-8)12-19(2,17)18/h3-6,12H,7H2,1-2H3,(H,14,15). The molecule has 0 aromatic heterocycles. The van der Waals surface area contributed by atoms with Gasteiger partial charge in [0.2, 0.25) is 10.0 Å². The first-order valence-electron chi connectivity index (χ1n) is 5.24. The van der Waals surface area contributed by atoms with E-state index in [1.54, 1.807) is 0 Å². The Morgan fingerprint density at radius 3 is 2.21 bits per heavy atom. The lowest BCUT2D eigenvalue weighted by Gasteiger charge is -2.14. The molecule has 1 rings (SSSR count). The minimum absolute atomic E-state index is 0.280. The number of benzene rings is 1. The maximum absolute atomic E-state index is 11.8. The number of carbonyl (C=O) groups is 2. The van der Waals surface area contributed by atoms with Gasteiger partial charge in [-0.15, -0.1) is 0 Å². The van der Waals surface area contributed by atoms with Crippen LogP contribution < -0.4 is 4.72 Å². The van der Waals surface area contributed by atoms with Crippen molar-refractivity contribution >= 4 is 27.6 Å². The fourth-order valence-corrected chi connectivity index (χ4v) is 1.95. The third-order valence-corrected chi connectivity index (χ3v) is 2.76. The minimum atomic E-state index is -3.37. The molecule has 104 valence electrons. The van der Waals surface area contributed by atoms with Gasteiger partial charge in [0, 0.05) is 18.3 Å². The fourth-order valence-electron chi connectivity index (χ4n) is 1.39. The highest BCUT2D eigenvalue weighted by molar-refractivity contribution is 7.92. The molecule has 1 amide bonds. The number of anilines is 1. The maximum atomic E-state index is 11.8. The van der Waals surface area contributed by atoms with E-state index in [-0.39, 0.29) is 5.56 Å². The van der Waals surface area contributed by atoms with Crippen molar-refractivity contribution in [2.75, 3.05) is 24.6 Å². The molecule has 0 unspecified atom stereocenters. The van der Waals surface area contributed by atoms with Gasteiger partial charge in [-0.3, -0.25) is 14.3 Å². The molecule has 0 aliphatic carbocycles. The molecule has 0 bridgehead atoms. The maximum Gasteiger partial charge on any atom is 0.323 e. The first kappa shape index (κ1) is 15.0. The average Bonchev–Trinajstić information content (AvgIpc) is 2.26. The van der Waals surface area contributed by atoms with Gasteiger partial charge in [0.05, 0.1) is 6.26 Å². The summed E-state index contributed by atoms with van der Waals surface area (Å²) >= 11 is 0. The normalized spacial score (nSPS) is 10.8. The van der Waals surface area contributed by atoms with E-state index in [2.05, 4.69) is 4.72 Å². The zero-order chi connectivity index (χ0) is 14.6. The number of carboxylic acid groups (broad SMARTS) is 1. The van der Waals surface area contributed by atoms with E-state index in [0.29, 0.717) is 5.69 Å². The van der Waals surface area contributed by atoms with Crippen molar-refractivity contribution in [1.29, 1.82) is 0 Å². The lowest BCUT2D eigenvalue weighted by atomic mass is 10.2. The van der Waals surface area contributed by atoms with Crippen LogP contribution in [-0.2, 0) is 14.8 Å². The van der Waals surface area contributed by atoms with Gasteiger partial charge < -0.3 is 10.0 Å². The van der Waals surface area contributed by atoms with Crippen LogP contribution in [-0.4, -0.2) is 50.1 Å². The number of aliphatic carboxylic acids is 1. The highest BCUT2D eigenvalue weighted by Gasteiger charge is 2.14. The number of nitrogens with one attached hydrogen (secondary N) is 1. The highest BCUT2D eigenvalue weighted by atomic mass is 32.2. The van der Waals surface area contributed by atoms with Crippen molar-refractivity contribution in [3.63, 3.8) is 0 Å². The van der Waals surface area contributed by atoms with Crippen molar-refractivity contribution in [3.8, 4) is 0 Å². The number of nitrogens with zero attached hydrogens (tertiary/aromatic N) is 1. The van der Waals surface area contributed by atoms with E-state index < -0.39 is 28.4 Å². The summed E-state index contributed by atoms with van der Waals surface area (Å²) in [6.45, 7) is -0.401. The van der Waals surface area contributed by atoms with Gasteiger partial charge in [-0.1, -0.05) is 0 Å². The van der Waals surface area contributed by atoms with Crippen molar-refractivity contribution in [1.82, 2.24) is 4.90 Å². The fraction of sp³-hybridized carbons (Fsp3) is 0.273. The molecule has 8 heteroatoms. The zero-order valence-electron chi connectivity index (χ0n) is 10.5. The summed E-state index contributed by atoms with van der Waals surface area (Å²) in [6, 6.07) is 5.72. The molecule has 0 aliphatic rings. The van der Waals surface area contributed by atoms with Gasteiger partial charge in [0.1, 0.15) is 6.54 Å². The number of hydrogen-bond donors (Lipinski definition) is 2. The Bertz CT molecular complexity index is 580. The van der Waals surface area contributed by atoms with E-state index in [1.807, 2.05) is 0 Å². The van der Waals surface area contributed by atoms with Crippen LogP contribution in [0.4, 0.5) is 5.69 Å². The average molecular weight is 286 g/mol. The number of rotatable bonds is 5. The number of amides is 1. The largest absolute Gasteiger partial charge is 0.480 e. The lowest BCUT2D eigenvalue weighted by Crippen LogP contribution is -2.31. The Hall–Kier alpha value is -2.09. The lowest BCUT2D eigenvalue weighted by molar-refractivity contribution is -0.137. The molecule has 19 heavy (non-hydrogen) atoms. The molecule has 7 nitrogen and oxygen atoms in total. The number of likely N-dealkylation sites (N-methyl/N-ethyl adjacent to an activating group) is 1. The Morgan fingerprint density at radius 2 is 1.79 bits per heavy atom. The van der Waals surface area contributed by atoms with Gasteiger partial charge in [0.15, 0.2) is 0 Å². The van der Waals surface area contributed by atoms with Crippen LogP contribution in [0.5, 0.6) is 0 Å². The van der Waals surface area contributed by atoms with E-state index in [4.69, 9.17) is 5.11 Å². The third kappa shape index (κ3) is 4.96. The van der Waals surface area contributed by atoms with Crippen LogP contribution in [0.15, 0.2) is 24.3 Å². The van der Waals surface area contributed by atoms with Crippen LogP contribution in [0.2, 0.25) is 0 Å². The van der Waals surface area contributed by atoms with Gasteiger partial charge in [-0.05, 0) is 24.3 Å². The van der Waals surface area contributed by atoms with Gasteiger partial charge >= 0.3 is 5.97 Å². The Morgan fingerprint density at radius 1 is 1.26 bits per heavy atom. The number of hydrogen-bond acceptors (Lipinski definition) is 4. The summed E-state index contributed by atoms with van der Waals surface area (Å²) in [6.07, 6.45) is 1.02. The summed E-state index contributed by atoms with van der Waals surface area (Å²) < 4.78 is 24.3. The smallest absolute Gasteiger partial charge is 0.323 e. The van der Waals surface area contributed by atoms with Crippen molar-refractivity contribution in [2.24, 2.45) is 0 Å². The van der Waals surface area contributed by atoms with E-state index in [1.165, 1.54) is 31.3 Å². The topological polar surface area (TPSA) is 104 Å². The molecule has 1 aromatic rings. The second kappa shape index (κ2) is 5.70. The quantitative estimate of drug-likeness (QED) is 0.805. The number of carboxylic acids is 1. The van der Waals surface area contributed by atoms with Crippen LogP contribution in [0.25, 0.3) is 0 Å². The highest BCUT2D eigenvalue weighted by Crippen LogP contribution is 2.12. The van der Waals surface area contributed by atoms with Gasteiger partial charge in [-0.2, -0.15) is 0 Å². The molecular weight excluding hydrogens is 272 g/mol. The molecular formula is C11H14N2O5S. The Kier molecular flexibility index (Phi) is 4.49. The Labute approximate surface area is 110 Å². The van der Waals surface area contributed by atoms with Crippen LogP contribution in [0.3, 0.4) is 0 Å². The number of sulfonamides is 1. The molecule has 0 saturated heterocycles. The van der Waals surface area contributed by atoms with Crippen molar-refractivity contribution in [3.05, 3.63) is 29.8 Å². The molecule has 0 heterocycles. The van der Waals surface area contributed by atoms with Crippen molar-refractivity contribution < 1.29 is 23.1 Å². The molecule has 0 saturated carbocycles. The third-order valence-electron chi connectivity index (χ3n) is 2.15. The van der Waals surface area contributed by atoms with Gasteiger partial charge in [-0.25, -0.2) is 8.42 Å². The second-order valence-corrected chi connectivity index (χ2v) is 5.75. The predicted molar refractivity (Wildman–Crippen MR) is 69.5 cm³/mol. The van der Waals surface area contributed by atoms with Crippen molar-refractivity contribution in [2.45, 2.75) is 0 Å². The molecule has 0 radical (unpaired) electrons.